The second-order valence-electron chi connectivity index (χ2n) is 4.68. The SMILES string of the molecule is CC(C)(C)C(=O)N(Cc1ccccc1)N=O. The Labute approximate surface area is 95.2 Å². The molecule has 1 aromatic rings. The maximum atomic E-state index is 11.8. The van der Waals surface area contributed by atoms with Crippen molar-refractivity contribution in [2.75, 3.05) is 0 Å². The molecule has 16 heavy (non-hydrogen) atoms. The summed E-state index contributed by atoms with van der Waals surface area (Å²) in [4.78, 5) is 22.5. The first-order valence-corrected chi connectivity index (χ1v) is 5.14. The van der Waals surface area contributed by atoms with E-state index in [2.05, 4.69) is 5.29 Å². The van der Waals surface area contributed by atoms with Gasteiger partial charge in [0.05, 0.1) is 11.8 Å². The number of nitroso groups, excluding NO2 is 1. The molecule has 0 aliphatic heterocycles. The summed E-state index contributed by atoms with van der Waals surface area (Å²) in [7, 11) is 0. The average Bonchev–Trinajstić information content (AvgIpc) is 2.25. The van der Waals surface area contributed by atoms with E-state index in [-0.39, 0.29) is 12.5 Å². The molecule has 0 aliphatic rings. The number of hydrogen-bond acceptors (Lipinski definition) is 3. The fourth-order valence-corrected chi connectivity index (χ4v) is 1.28. The Hall–Kier alpha value is -1.71. The van der Waals surface area contributed by atoms with Gasteiger partial charge in [-0.2, -0.15) is 5.01 Å². The lowest BCUT2D eigenvalue weighted by Crippen LogP contribution is -2.35. The van der Waals surface area contributed by atoms with E-state index in [0.717, 1.165) is 10.6 Å². The van der Waals surface area contributed by atoms with E-state index in [1.165, 1.54) is 0 Å². The van der Waals surface area contributed by atoms with Crippen LogP contribution in [0.5, 0.6) is 0 Å². The van der Waals surface area contributed by atoms with E-state index in [4.69, 9.17) is 0 Å². The number of amides is 1. The topological polar surface area (TPSA) is 49.7 Å². The van der Waals surface area contributed by atoms with E-state index in [0.29, 0.717) is 0 Å². The largest absolute Gasteiger partial charge is 0.272 e. The van der Waals surface area contributed by atoms with Crippen molar-refractivity contribution in [3.05, 3.63) is 40.8 Å². The number of carbonyl (C=O) groups is 1. The zero-order valence-electron chi connectivity index (χ0n) is 9.80. The molecule has 1 rings (SSSR count). The lowest BCUT2D eigenvalue weighted by Gasteiger charge is -2.22. The van der Waals surface area contributed by atoms with Gasteiger partial charge in [0.1, 0.15) is 0 Å². The van der Waals surface area contributed by atoms with E-state index in [1.807, 2.05) is 30.3 Å². The van der Waals surface area contributed by atoms with Crippen molar-refractivity contribution in [1.29, 1.82) is 0 Å². The van der Waals surface area contributed by atoms with E-state index < -0.39 is 5.41 Å². The first kappa shape index (κ1) is 12.4. The molecule has 0 heterocycles. The van der Waals surface area contributed by atoms with Crippen LogP contribution in [-0.2, 0) is 11.3 Å². The van der Waals surface area contributed by atoms with Crippen LogP contribution in [0.25, 0.3) is 0 Å². The molecule has 1 aromatic carbocycles. The van der Waals surface area contributed by atoms with Gasteiger partial charge in [0.15, 0.2) is 0 Å². The maximum Gasteiger partial charge on any atom is 0.250 e. The quantitative estimate of drug-likeness (QED) is 0.581. The standard InChI is InChI=1S/C12H16N2O2/c1-12(2,3)11(15)14(13-16)9-10-7-5-4-6-8-10/h4-8H,9H2,1-3H3. The minimum Gasteiger partial charge on any atom is -0.272 e. The number of benzene rings is 1. The smallest absolute Gasteiger partial charge is 0.250 e. The number of rotatable bonds is 3. The minimum atomic E-state index is -0.595. The van der Waals surface area contributed by atoms with Crippen molar-refractivity contribution in [1.82, 2.24) is 5.01 Å². The van der Waals surface area contributed by atoms with Gasteiger partial charge < -0.3 is 0 Å². The van der Waals surface area contributed by atoms with Gasteiger partial charge in [0.25, 0.3) is 5.91 Å². The molecule has 0 spiro atoms. The molecule has 4 heteroatoms. The fourth-order valence-electron chi connectivity index (χ4n) is 1.28. The van der Waals surface area contributed by atoms with Crippen LogP contribution >= 0.6 is 0 Å². The van der Waals surface area contributed by atoms with E-state index in [9.17, 15) is 9.70 Å². The molecule has 0 saturated carbocycles. The predicted octanol–water partition coefficient (Wildman–Crippen LogP) is 2.74. The summed E-state index contributed by atoms with van der Waals surface area (Å²) in [5, 5.41) is 3.75. The predicted molar refractivity (Wildman–Crippen MR) is 62.2 cm³/mol. The van der Waals surface area contributed by atoms with Crippen molar-refractivity contribution in [3.8, 4) is 0 Å². The first-order chi connectivity index (χ1) is 7.45. The summed E-state index contributed by atoms with van der Waals surface area (Å²) in [5.41, 5.74) is 0.294. The zero-order valence-corrected chi connectivity index (χ0v) is 9.80. The zero-order chi connectivity index (χ0) is 12.2. The van der Waals surface area contributed by atoms with E-state index in [1.54, 1.807) is 20.8 Å². The molecule has 1 amide bonds. The highest BCUT2D eigenvalue weighted by Crippen LogP contribution is 2.19. The molecular formula is C12H16N2O2. The summed E-state index contributed by atoms with van der Waals surface area (Å²) < 4.78 is 0. The highest BCUT2D eigenvalue weighted by atomic mass is 16.3. The molecule has 0 saturated heterocycles. The van der Waals surface area contributed by atoms with Crippen molar-refractivity contribution in [2.45, 2.75) is 27.3 Å². The van der Waals surface area contributed by atoms with E-state index >= 15 is 0 Å². The summed E-state index contributed by atoms with van der Waals surface area (Å²) in [5.74, 6) is -0.272. The Morgan fingerprint density at radius 1 is 1.25 bits per heavy atom. The van der Waals surface area contributed by atoms with Gasteiger partial charge in [-0.3, -0.25) is 4.79 Å². The van der Waals surface area contributed by atoms with Crippen LogP contribution < -0.4 is 0 Å². The normalized spacial score (nSPS) is 10.9. The molecule has 0 N–H and O–H groups in total. The monoisotopic (exact) mass is 220 g/mol. The average molecular weight is 220 g/mol. The van der Waals surface area contributed by atoms with Crippen molar-refractivity contribution in [3.63, 3.8) is 0 Å². The maximum absolute atomic E-state index is 11.8. The molecule has 0 aromatic heterocycles. The van der Waals surface area contributed by atoms with Crippen LogP contribution in [0, 0.1) is 10.3 Å². The minimum absolute atomic E-state index is 0.223. The first-order valence-electron chi connectivity index (χ1n) is 5.14. The molecule has 0 aliphatic carbocycles. The van der Waals surface area contributed by atoms with Crippen molar-refractivity contribution < 1.29 is 4.79 Å². The molecular weight excluding hydrogens is 204 g/mol. The highest BCUT2D eigenvalue weighted by molar-refractivity contribution is 5.81. The number of nitrogens with zero attached hydrogens (tertiary/aromatic N) is 2. The molecule has 0 atom stereocenters. The third-order valence-electron chi connectivity index (χ3n) is 2.15. The highest BCUT2D eigenvalue weighted by Gasteiger charge is 2.28. The molecule has 4 nitrogen and oxygen atoms in total. The van der Waals surface area contributed by atoms with Crippen LogP contribution in [0.15, 0.2) is 35.6 Å². The third kappa shape index (κ3) is 3.15. The van der Waals surface area contributed by atoms with Gasteiger partial charge in [0, 0.05) is 5.41 Å². The summed E-state index contributed by atoms with van der Waals surface area (Å²) in [6.07, 6.45) is 0. The Kier molecular flexibility index (Phi) is 3.77. The molecule has 0 bridgehead atoms. The number of hydrogen-bond donors (Lipinski definition) is 0. The summed E-state index contributed by atoms with van der Waals surface area (Å²) in [6.45, 7) is 5.51. The third-order valence-corrected chi connectivity index (χ3v) is 2.15. The molecule has 0 unspecified atom stereocenters. The Balaban J connectivity index is 2.78. The van der Waals surface area contributed by atoms with Gasteiger partial charge in [-0.05, 0) is 5.56 Å². The lowest BCUT2D eigenvalue weighted by atomic mass is 9.95. The molecule has 86 valence electrons. The van der Waals surface area contributed by atoms with Crippen LogP contribution in [0.3, 0.4) is 0 Å². The van der Waals surface area contributed by atoms with Gasteiger partial charge >= 0.3 is 0 Å². The summed E-state index contributed by atoms with van der Waals surface area (Å²) >= 11 is 0. The van der Waals surface area contributed by atoms with Crippen molar-refractivity contribution >= 4 is 5.91 Å². The Bertz CT molecular complexity index is 368. The van der Waals surface area contributed by atoms with Gasteiger partial charge in [-0.25, -0.2) is 0 Å². The molecule has 0 fully saturated rings. The van der Waals surface area contributed by atoms with Gasteiger partial charge in [0.2, 0.25) is 0 Å². The summed E-state index contributed by atoms with van der Waals surface area (Å²) in [6, 6.07) is 9.32. The lowest BCUT2D eigenvalue weighted by molar-refractivity contribution is -0.140. The Morgan fingerprint density at radius 2 is 1.81 bits per heavy atom. The Morgan fingerprint density at radius 3 is 2.25 bits per heavy atom. The van der Waals surface area contributed by atoms with Gasteiger partial charge in [-0.1, -0.05) is 51.1 Å². The second-order valence-corrected chi connectivity index (χ2v) is 4.68. The van der Waals surface area contributed by atoms with Gasteiger partial charge in [-0.15, -0.1) is 4.91 Å². The fraction of sp³-hybridized carbons (Fsp3) is 0.417. The second kappa shape index (κ2) is 4.88. The van der Waals surface area contributed by atoms with Crippen LogP contribution in [0.4, 0.5) is 0 Å². The molecule has 0 radical (unpaired) electrons. The number of carbonyl (C=O) groups excluding carboxylic acids is 1. The van der Waals surface area contributed by atoms with Crippen molar-refractivity contribution in [2.24, 2.45) is 10.7 Å². The van der Waals surface area contributed by atoms with Crippen LogP contribution in [0.2, 0.25) is 0 Å². The van der Waals surface area contributed by atoms with Crippen LogP contribution in [-0.4, -0.2) is 10.9 Å². The van der Waals surface area contributed by atoms with Crippen LogP contribution in [0.1, 0.15) is 26.3 Å².